The molecule has 0 aromatic carbocycles. The second kappa shape index (κ2) is 4.75. The second-order valence-corrected chi connectivity index (χ2v) is 7.23. The summed E-state index contributed by atoms with van der Waals surface area (Å²) >= 11 is 0. The lowest BCUT2D eigenvalue weighted by molar-refractivity contribution is -0.145. The molecule has 0 heterocycles. The van der Waals surface area contributed by atoms with E-state index in [4.69, 9.17) is 5.11 Å². The summed E-state index contributed by atoms with van der Waals surface area (Å²) in [6.07, 6.45) is 2.27. The third-order valence-corrected chi connectivity index (χ3v) is 6.13. The van der Waals surface area contributed by atoms with Gasteiger partial charge in [0, 0.05) is 0 Å². The molecule has 0 radical (unpaired) electrons. The highest BCUT2D eigenvalue weighted by atomic mass is 19.4. The van der Waals surface area contributed by atoms with Gasteiger partial charge in [0.25, 0.3) is 0 Å². The summed E-state index contributed by atoms with van der Waals surface area (Å²) in [5, 5.41) is 8.93. The van der Waals surface area contributed by atoms with Gasteiger partial charge >= 0.3 is 12.1 Å². The van der Waals surface area contributed by atoms with Crippen molar-refractivity contribution < 1.29 is 23.1 Å². The molecular formula is C16H21F3O2. The summed E-state index contributed by atoms with van der Waals surface area (Å²) < 4.78 is 38.9. The molecule has 2 nitrogen and oxygen atoms in total. The summed E-state index contributed by atoms with van der Waals surface area (Å²) in [7, 11) is 0. The van der Waals surface area contributed by atoms with E-state index < -0.39 is 17.7 Å². The maximum Gasteiger partial charge on any atom is 0.423 e. The van der Waals surface area contributed by atoms with Crippen LogP contribution in [0.5, 0.6) is 0 Å². The van der Waals surface area contributed by atoms with Crippen LogP contribution in [0.4, 0.5) is 13.2 Å². The first-order chi connectivity index (χ1) is 9.75. The Hall–Kier alpha value is -1.00. The first-order valence-electron chi connectivity index (χ1n) is 7.77. The Morgan fingerprint density at radius 1 is 1.24 bits per heavy atom. The van der Waals surface area contributed by atoms with E-state index in [1.807, 2.05) is 6.92 Å². The van der Waals surface area contributed by atoms with Gasteiger partial charge in [-0.1, -0.05) is 13.0 Å². The maximum atomic E-state index is 13.0. The summed E-state index contributed by atoms with van der Waals surface area (Å²) in [6.45, 7) is 2.04. The summed E-state index contributed by atoms with van der Waals surface area (Å²) in [4.78, 5) is 11.0. The molecule has 3 atom stereocenters. The van der Waals surface area contributed by atoms with Crippen LogP contribution in [0.15, 0.2) is 11.6 Å². The fourth-order valence-corrected chi connectivity index (χ4v) is 5.55. The van der Waals surface area contributed by atoms with E-state index in [1.165, 1.54) is 6.42 Å². The monoisotopic (exact) mass is 302 g/mol. The van der Waals surface area contributed by atoms with Crippen LogP contribution in [0, 0.1) is 29.1 Å². The smallest absolute Gasteiger partial charge is 0.423 e. The van der Waals surface area contributed by atoms with Crippen LogP contribution in [-0.4, -0.2) is 17.3 Å². The van der Waals surface area contributed by atoms with Crippen molar-refractivity contribution in [2.75, 3.05) is 0 Å². The highest BCUT2D eigenvalue weighted by Crippen LogP contribution is 2.64. The fourth-order valence-electron chi connectivity index (χ4n) is 5.55. The minimum atomic E-state index is -4.77. The number of carbonyl (C=O) groups is 1. The number of carboxylic acid groups (broad SMARTS) is 1. The zero-order chi connectivity index (χ0) is 15.4. The van der Waals surface area contributed by atoms with E-state index in [1.54, 1.807) is 0 Å². The zero-order valence-corrected chi connectivity index (χ0v) is 12.1. The summed E-state index contributed by atoms with van der Waals surface area (Å²) in [5.41, 5.74) is -1.46. The minimum absolute atomic E-state index is 0.0965. The molecule has 4 fully saturated rings. The third-order valence-electron chi connectivity index (χ3n) is 6.13. The lowest BCUT2D eigenvalue weighted by atomic mass is 9.44. The highest BCUT2D eigenvalue weighted by molar-refractivity contribution is 5.88. The Bertz CT molecular complexity index is 466. The highest BCUT2D eigenvalue weighted by Gasteiger charge is 2.56. The van der Waals surface area contributed by atoms with Crippen molar-refractivity contribution in [2.24, 2.45) is 29.1 Å². The average Bonchev–Trinajstić information content (AvgIpc) is 2.35. The molecule has 4 aliphatic carbocycles. The molecule has 3 unspecified atom stereocenters. The topological polar surface area (TPSA) is 37.3 Å². The van der Waals surface area contributed by atoms with Gasteiger partial charge in [0.2, 0.25) is 0 Å². The molecule has 21 heavy (non-hydrogen) atoms. The van der Waals surface area contributed by atoms with Crippen LogP contribution in [0.2, 0.25) is 0 Å². The van der Waals surface area contributed by atoms with E-state index in [9.17, 15) is 18.0 Å². The van der Waals surface area contributed by atoms with Gasteiger partial charge in [-0.3, -0.25) is 0 Å². The van der Waals surface area contributed by atoms with Crippen LogP contribution in [0.1, 0.15) is 45.4 Å². The molecule has 0 aliphatic heterocycles. The lowest BCUT2D eigenvalue weighted by Gasteiger charge is -2.61. The van der Waals surface area contributed by atoms with Gasteiger partial charge < -0.3 is 5.11 Å². The number of rotatable bonds is 3. The lowest BCUT2D eigenvalue weighted by Crippen LogP contribution is -2.52. The van der Waals surface area contributed by atoms with Crippen LogP contribution in [0.25, 0.3) is 0 Å². The van der Waals surface area contributed by atoms with Crippen LogP contribution in [-0.2, 0) is 4.79 Å². The van der Waals surface area contributed by atoms with Gasteiger partial charge in [0.15, 0.2) is 0 Å². The van der Waals surface area contributed by atoms with Crippen LogP contribution >= 0.6 is 0 Å². The van der Waals surface area contributed by atoms with E-state index in [2.05, 4.69) is 0 Å². The predicted molar refractivity (Wildman–Crippen MR) is 71.5 cm³/mol. The first kappa shape index (κ1) is 14.9. The molecular weight excluding hydrogens is 281 g/mol. The maximum absolute atomic E-state index is 13.0. The molecule has 4 rings (SSSR count). The predicted octanol–water partition coefficient (Wildman–Crippen LogP) is 4.41. The minimum Gasteiger partial charge on any atom is -0.478 e. The standard InChI is InChI=1S/C16H21F3O2/c1-2-15-7-9-3-10(8-15)5-11(4-9)12(15)6-13(14(20)21)16(17,18)19/h6,9-12H,2-5,7-8H2,1H3,(H,20,21). The number of hydrogen-bond acceptors (Lipinski definition) is 1. The quantitative estimate of drug-likeness (QED) is 0.784. The fraction of sp³-hybridized carbons (Fsp3) is 0.812. The van der Waals surface area contributed by atoms with Crippen molar-refractivity contribution >= 4 is 5.97 Å². The van der Waals surface area contributed by atoms with Crippen molar-refractivity contribution in [3.05, 3.63) is 11.6 Å². The largest absolute Gasteiger partial charge is 0.478 e. The normalized spacial score (nSPS) is 42.4. The number of allylic oxidation sites excluding steroid dienone is 1. The molecule has 4 saturated carbocycles. The molecule has 118 valence electrons. The van der Waals surface area contributed by atoms with E-state index in [-0.39, 0.29) is 17.3 Å². The number of carboxylic acids is 1. The number of aliphatic carboxylic acids is 1. The Morgan fingerprint density at radius 2 is 1.81 bits per heavy atom. The van der Waals surface area contributed by atoms with Gasteiger partial charge in [-0.2, -0.15) is 13.2 Å². The molecule has 4 aliphatic rings. The number of alkyl halides is 3. The molecule has 5 heteroatoms. The van der Waals surface area contributed by atoms with E-state index in [0.717, 1.165) is 38.2 Å². The SMILES string of the molecule is CCC12CC3CC(CC(C3)C1C=C(C(=O)O)C(F)(F)F)C2. The molecule has 1 N–H and O–H groups in total. The Labute approximate surface area is 122 Å². The zero-order valence-electron chi connectivity index (χ0n) is 12.1. The number of halogens is 3. The van der Waals surface area contributed by atoms with Crippen molar-refractivity contribution in [1.29, 1.82) is 0 Å². The summed E-state index contributed by atoms with van der Waals surface area (Å²) in [6, 6.07) is 0. The van der Waals surface area contributed by atoms with Gasteiger partial charge in [-0.25, -0.2) is 4.79 Å². The molecule has 0 saturated heterocycles. The molecule has 0 amide bonds. The van der Waals surface area contributed by atoms with Gasteiger partial charge in [-0.05, 0) is 67.6 Å². The van der Waals surface area contributed by atoms with Crippen molar-refractivity contribution in [1.82, 2.24) is 0 Å². The molecule has 0 aromatic rings. The van der Waals surface area contributed by atoms with Crippen LogP contribution in [0.3, 0.4) is 0 Å². The third kappa shape index (κ3) is 2.38. The van der Waals surface area contributed by atoms with Gasteiger partial charge in [-0.15, -0.1) is 0 Å². The Kier molecular flexibility index (Phi) is 3.37. The Morgan fingerprint density at radius 3 is 2.24 bits per heavy atom. The van der Waals surface area contributed by atoms with Crippen molar-refractivity contribution in [3.63, 3.8) is 0 Å². The second-order valence-electron chi connectivity index (χ2n) is 7.23. The van der Waals surface area contributed by atoms with Gasteiger partial charge in [0.05, 0.1) is 0 Å². The number of hydrogen-bond donors (Lipinski definition) is 1. The molecule has 0 spiro atoms. The molecule has 0 aromatic heterocycles. The van der Waals surface area contributed by atoms with E-state index in [0.29, 0.717) is 11.8 Å². The Balaban J connectivity index is 1.98. The van der Waals surface area contributed by atoms with Gasteiger partial charge in [0.1, 0.15) is 5.57 Å². The first-order valence-corrected chi connectivity index (χ1v) is 7.77. The molecule has 4 bridgehead atoms. The van der Waals surface area contributed by atoms with Crippen LogP contribution < -0.4 is 0 Å². The average molecular weight is 302 g/mol. The van der Waals surface area contributed by atoms with Crippen molar-refractivity contribution in [2.45, 2.75) is 51.6 Å². The summed E-state index contributed by atoms with van der Waals surface area (Å²) in [5.74, 6) is -0.531. The van der Waals surface area contributed by atoms with Crippen molar-refractivity contribution in [3.8, 4) is 0 Å². The van der Waals surface area contributed by atoms with E-state index >= 15 is 0 Å².